The first-order valence-corrected chi connectivity index (χ1v) is 7.61. The number of hydrogen-bond donors (Lipinski definition) is 2. The maximum Gasteiger partial charge on any atom is 0.421 e. The van der Waals surface area contributed by atoms with Crippen molar-refractivity contribution < 1.29 is 17.9 Å². The maximum atomic E-state index is 11.9. The number of rotatable bonds is 5. The Balaban J connectivity index is 2.58. The second-order valence-electron chi connectivity index (χ2n) is 4.08. The average molecular weight is 279 g/mol. The average Bonchev–Trinajstić information content (AvgIpc) is 2.29. The number of ether oxygens (including phenoxy) is 1. The fourth-order valence-electron chi connectivity index (χ4n) is 1.95. The van der Waals surface area contributed by atoms with Gasteiger partial charge in [-0.1, -0.05) is 6.92 Å². The second-order valence-corrected chi connectivity index (χ2v) is 5.75. The van der Waals surface area contributed by atoms with Gasteiger partial charge in [0.1, 0.15) is 0 Å². The van der Waals surface area contributed by atoms with Crippen LogP contribution in [-0.2, 0) is 14.9 Å². The van der Waals surface area contributed by atoms with Crippen LogP contribution in [0.3, 0.4) is 0 Å². The molecule has 1 aliphatic rings. The highest BCUT2D eigenvalue weighted by Crippen LogP contribution is 2.13. The van der Waals surface area contributed by atoms with E-state index in [-0.39, 0.29) is 12.6 Å². The Kier molecular flexibility index (Phi) is 5.83. The van der Waals surface area contributed by atoms with Crippen LogP contribution in [0.4, 0.5) is 4.79 Å². The van der Waals surface area contributed by atoms with Crippen molar-refractivity contribution in [1.82, 2.24) is 14.3 Å². The summed E-state index contributed by atoms with van der Waals surface area (Å²) in [5.74, 6) is 0. The number of likely N-dealkylation sites (N-methyl/N-ethyl adjacent to an activating group) is 1. The molecule has 0 bridgehead atoms. The summed E-state index contributed by atoms with van der Waals surface area (Å²) in [4.78, 5) is 11.2. The van der Waals surface area contributed by atoms with Crippen molar-refractivity contribution in [3.05, 3.63) is 0 Å². The van der Waals surface area contributed by atoms with Crippen molar-refractivity contribution in [1.29, 1.82) is 0 Å². The summed E-state index contributed by atoms with van der Waals surface area (Å²) in [6, 6.07) is 0.141. The summed E-state index contributed by atoms with van der Waals surface area (Å²) in [5.41, 5.74) is 0. The highest BCUT2D eigenvalue weighted by Gasteiger charge is 2.30. The first-order valence-electron chi connectivity index (χ1n) is 6.17. The highest BCUT2D eigenvalue weighted by molar-refractivity contribution is 7.87. The molecule has 106 valence electrons. The molecule has 1 amide bonds. The number of carbonyl (C=O) groups is 1. The summed E-state index contributed by atoms with van der Waals surface area (Å²) >= 11 is 0. The van der Waals surface area contributed by atoms with Gasteiger partial charge in [0.05, 0.1) is 6.61 Å². The molecule has 7 nitrogen and oxygen atoms in total. The van der Waals surface area contributed by atoms with E-state index < -0.39 is 16.3 Å². The summed E-state index contributed by atoms with van der Waals surface area (Å²) in [6.45, 7) is 5.34. The zero-order valence-corrected chi connectivity index (χ0v) is 11.6. The Labute approximate surface area is 108 Å². The van der Waals surface area contributed by atoms with E-state index in [4.69, 9.17) is 0 Å². The van der Waals surface area contributed by atoms with Crippen LogP contribution in [0.2, 0.25) is 0 Å². The van der Waals surface area contributed by atoms with Gasteiger partial charge in [0, 0.05) is 19.1 Å². The van der Waals surface area contributed by atoms with Gasteiger partial charge in [-0.15, -0.1) is 0 Å². The van der Waals surface area contributed by atoms with Crippen LogP contribution in [0.15, 0.2) is 0 Å². The molecule has 8 heteroatoms. The van der Waals surface area contributed by atoms with Gasteiger partial charge in [-0.3, -0.25) is 0 Å². The molecule has 1 aliphatic heterocycles. The van der Waals surface area contributed by atoms with Crippen molar-refractivity contribution >= 4 is 16.3 Å². The third-order valence-electron chi connectivity index (χ3n) is 2.70. The molecular formula is C10H21N3O4S. The van der Waals surface area contributed by atoms with E-state index in [2.05, 4.69) is 10.1 Å². The van der Waals surface area contributed by atoms with Crippen LogP contribution in [0.1, 0.15) is 26.7 Å². The van der Waals surface area contributed by atoms with E-state index >= 15 is 0 Å². The number of piperidine rings is 1. The molecule has 1 unspecified atom stereocenters. The first-order chi connectivity index (χ1) is 8.49. The van der Waals surface area contributed by atoms with Crippen LogP contribution in [0.25, 0.3) is 0 Å². The molecule has 1 rings (SSSR count). The quantitative estimate of drug-likeness (QED) is 0.742. The van der Waals surface area contributed by atoms with Crippen molar-refractivity contribution in [2.24, 2.45) is 0 Å². The highest BCUT2D eigenvalue weighted by atomic mass is 32.2. The standard InChI is InChI=1S/C10H21N3O4S/c1-3-11-9-6-5-7-13(8-9)18(15,16)12-10(14)17-4-2/h9,11H,3-8H2,1-2H3,(H,12,14). The van der Waals surface area contributed by atoms with E-state index in [1.54, 1.807) is 6.92 Å². The van der Waals surface area contributed by atoms with Crippen molar-refractivity contribution in [3.63, 3.8) is 0 Å². The second kappa shape index (κ2) is 6.91. The molecule has 2 N–H and O–H groups in total. The molecule has 0 aromatic carbocycles. The molecule has 1 saturated heterocycles. The lowest BCUT2D eigenvalue weighted by Gasteiger charge is -2.31. The third kappa shape index (κ3) is 4.43. The number of amides is 1. The van der Waals surface area contributed by atoms with Crippen LogP contribution in [0.5, 0.6) is 0 Å². The number of carbonyl (C=O) groups excluding carboxylic acids is 1. The molecule has 0 aromatic heterocycles. The first kappa shape index (κ1) is 15.2. The SMILES string of the molecule is CCNC1CCCN(S(=O)(=O)NC(=O)OCC)C1. The zero-order chi connectivity index (χ0) is 13.6. The smallest absolute Gasteiger partial charge is 0.421 e. The molecule has 0 spiro atoms. The topological polar surface area (TPSA) is 87.7 Å². The molecule has 0 radical (unpaired) electrons. The number of nitrogens with zero attached hydrogens (tertiary/aromatic N) is 1. The van der Waals surface area contributed by atoms with E-state index in [0.717, 1.165) is 19.4 Å². The predicted octanol–water partition coefficient (Wildman–Crippen LogP) is 0.0512. The fraction of sp³-hybridized carbons (Fsp3) is 0.900. The lowest BCUT2D eigenvalue weighted by molar-refractivity contribution is 0.157. The number of hydrogen-bond acceptors (Lipinski definition) is 5. The molecule has 0 saturated carbocycles. The molecule has 1 heterocycles. The Morgan fingerprint density at radius 3 is 2.78 bits per heavy atom. The Bertz CT molecular complexity index is 369. The lowest BCUT2D eigenvalue weighted by Crippen LogP contribution is -2.52. The van der Waals surface area contributed by atoms with Gasteiger partial charge >= 0.3 is 16.3 Å². The van der Waals surface area contributed by atoms with Gasteiger partial charge in [-0.05, 0) is 26.3 Å². The molecule has 18 heavy (non-hydrogen) atoms. The van der Waals surface area contributed by atoms with Crippen molar-refractivity contribution in [3.8, 4) is 0 Å². The minimum absolute atomic E-state index is 0.140. The van der Waals surface area contributed by atoms with E-state index in [9.17, 15) is 13.2 Å². The molecule has 1 fully saturated rings. The van der Waals surface area contributed by atoms with Gasteiger partial charge in [0.25, 0.3) is 0 Å². The summed E-state index contributed by atoms with van der Waals surface area (Å²) in [6.07, 6.45) is 0.795. The summed E-state index contributed by atoms with van der Waals surface area (Å²) in [7, 11) is -3.79. The van der Waals surface area contributed by atoms with Gasteiger partial charge in [0.15, 0.2) is 0 Å². The van der Waals surface area contributed by atoms with Crippen LogP contribution in [-0.4, -0.2) is 51.1 Å². The van der Waals surface area contributed by atoms with Crippen LogP contribution >= 0.6 is 0 Å². The fourth-order valence-corrected chi connectivity index (χ4v) is 3.09. The third-order valence-corrected chi connectivity index (χ3v) is 4.14. The van der Waals surface area contributed by atoms with Gasteiger partial charge < -0.3 is 10.1 Å². The predicted molar refractivity (Wildman–Crippen MR) is 67.3 cm³/mol. The van der Waals surface area contributed by atoms with E-state index in [1.807, 2.05) is 11.6 Å². The molecule has 0 aliphatic carbocycles. The van der Waals surface area contributed by atoms with Crippen molar-refractivity contribution in [2.75, 3.05) is 26.2 Å². The van der Waals surface area contributed by atoms with Crippen LogP contribution in [0, 0.1) is 0 Å². The largest absolute Gasteiger partial charge is 0.449 e. The molecule has 0 aromatic rings. The Morgan fingerprint density at radius 1 is 1.44 bits per heavy atom. The molecular weight excluding hydrogens is 258 g/mol. The van der Waals surface area contributed by atoms with Crippen LogP contribution < -0.4 is 10.0 Å². The van der Waals surface area contributed by atoms with E-state index in [0.29, 0.717) is 13.1 Å². The van der Waals surface area contributed by atoms with Gasteiger partial charge in [-0.2, -0.15) is 12.7 Å². The summed E-state index contributed by atoms with van der Waals surface area (Å²) < 4.78 is 31.6. The molecule has 1 atom stereocenters. The number of nitrogens with one attached hydrogen (secondary N) is 2. The normalized spacial score (nSPS) is 21.6. The Morgan fingerprint density at radius 2 is 2.17 bits per heavy atom. The Hall–Kier alpha value is -0.860. The van der Waals surface area contributed by atoms with Gasteiger partial charge in [0.2, 0.25) is 0 Å². The summed E-state index contributed by atoms with van der Waals surface area (Å²) in [5, 5.41) is 3.21. The van der Waals surface area contributed by atoms with Gasteiger partial charge in [-0.25, -0.2) is 9.52 Å². The monoisotopic (exact) mass is 279 g/mol. The minimum Gasteiger partial charge on any atom is -0.449 e. The maximum absolute atomic E-state index is 11.9. The van der Waals surface area contributed by atoms with Crippen molar-refractivity contribution in [2.45, 2.75) is 32.7 Å². The van der Waals surface area contributed by atoms with E-state index in [1.165, 1.54) is 4.31 Å². The zero-order valence-electron chi connectivity index (χ0n) is 10.8. The lowest BCUT2D eigenvalue weighted by atomic mass is 10.1. The minimum atomic E-state index is -3.79.